The Morgan fingerprint density at radius 3 is 2.67 bits per heavy atom. The van der Waals surface area contributed by atoms with Gasteiger partial charge < -0.3 is 0 Å². The van der Waals surface area contributed by atoms with Gasteiger partial charge in [0.05, 0.1) is 0 Å². The van der Waals surface area contributed by atoms with Crippen molar-refractivity contribution in [2.75, 3.05) is 0 Å². The average Bonchev–Trinajstić information content (AvgIpc) is 3.07. The maximum Gasteiger partial charge on any atom is -0.0140 e. The van der Waals surface area contributed by atoms with Gasteiger partial charge in [-0.25, -0.2) is 0 Å². The van der Waals surface area contributed by atoms with Crippen molar-refractivity contribution in [2.24, 2.45) is 29.1 Å². The highest BCUT2D eigenvalue weighted by Crippen LogP contribution is 2.58. The van der Waals surface area contributed by atoms with Crippen LogP contribution in [0.4, 0.5) is 0 Å². The van der Waals surface area contributed by atoms with Crippen LogP contribution in [0.3, 0.4) is 0 Å². The maximum atomic E-state index is 4.10. The first-order valence-corrected chi connectivity index (χ1v) is 12.5. The molecule has 0 bridgehead atoms. The Kier molecular flexibility index (Phi) is 6.42. The van der Waals surface area contributed by atoms with Crippen LogP contribution >= 0.6 is 0 Å². The highest BCUT2D eigenvalue weighted by Gasteiger charge is 2.48. The largest absolute Gasteiger partial charge is 0.0985 e. The molecule has 2 fully saturated rings. The molecule has 0 saturated heterocycles. The first-order chi connectivity index (χ1) is 14.4. The van der Waals surface area contributed by atoms with Crippen LogP contribution in [0, 0.1) is 29.1 Å². The van der Waals surface area contributed by atoms with Gasteiger partial charge >= 0.3 is 0 Å². The summed E-state index contributed by atoms with van der Waals surface area (Å²) in [6, 6.07) is 0. The first-order valence-electron chi connectivity index (χ1n) is 12.5. The van der Waals surface area contributed by atoms with E-state index in [1.54, 1.807) is 16.7 Å². The van der Waals surface area contributed by atoms with Crippen molar-refractivity contribution in [3.05, 3.63) is 70.9 Å². The van der Waals surface area contributed by atoms with Crippen molar-refractivity contribution >= 4 is 0 Å². The predicted molar refractivity (Wildman–Crippen MR) is 131 cm³/mol. The van der Waals surface area contributed by atoms with E-state index >= 15 is 0 Å². The molecule has 4 aliphatic carbocycles. The van der Waals surface area contributed by atoms with Crippen molar-refractivity contribution in [3.8, 4) is 0 Å². The van der Waals surface area contributed by atoms with E-state index in [1.807, 2.05) is 0 Å². The summed E-state index contributed by atoms with van der Waals surface area (Å²) in [6.45, 7) is 13.7. The lowest BCUT2D eigenvalue weighted by Gasteiger charge is -2.41. The van der Waals surface area contributed by atoms with E-state index in [9.17, 15) is 0 Å². The molecule has 0 spiro atoms. The van der Waals surface area contributed by atoms with E-state index in [2.05, 4.69) is 70.7 Å². The number of allylic oxidation sites excluding steroid dienone is 11. The zero-order chi connectivity index (χ0) is 21.3. The summed E-state index contributed by atoms with van der Waals surface area (Å²) in [6.07, 6.45) is 26.1. The summed E-state index contributed by atoms with van der Waals surface area (Å²) in [7, 11) is 0. The fourth-order valence-electron chi connectivity index (χ4n) is 7.02. The SMILES string of the molecule is C=CC1=C(/C=C\C)CCC(C2CCC3CC(/C=C4/CCC(C)CC4C)=CCC32C)=C1. The number of hydrogen-bond donors (Lipinski definition) is 0. The molecule has 0 radical (unpaired) electrons. The standard InChI is InChI=1S/C30H42/c1-6-8-25-11-12-27(20-24(25)7-2)29-14-13-28-19-23(15-16-30(28,29)5)18-26-10-9-21(3)17-22(26)4/h6-8,15,18,20-22,28-29H,2,9-14,16-17,19H2,1,3-5H3/b8-6-,26-18-. The lowest BCUT2D eigenvalue weighted by molar-refractivity contribution is 0.169. The summed E-state index contributed by atoms with van der Waals surface area (Å²) in [4.78, 5) is 0. The number of rotatable bonds is 4. The molecular weight excluding hydrogens is 360 g/mol. The molecule has 0 amide bonds. The summed E-state index contributed by atoms with van der Waals surface area (Å²) in [5.41, 5.74) is 8.35. The Labute approximate surface area is 185 Å². The van der Waals surface area contributed by atoms with Crippen molar-refractivity contribution in [1.82, 2.24) is 0 Å². The Morgan fingerprint density at radius 2 is 1.93 bits per heavy atom. The molecule has 30 heavy (non-hydrogen) atoms. The minimum atomic E-state index is 0.449. The van der Waals surface area contributed by atoms with Gasteiger partial charge in [-0.1, -0.05) is 80.5 Å². The molecule has 0 aromatic heterocycles. The summed E-state index contributed by atoms with van der Waals surface area (Å²) in [5.74, 6) is 3.29. The molecule has 0 aliphatic heterocycles. The molecule has 2 saturated carbocycles. The summed E-state index contributed by atoms with van der Waals surface area (Å²) >= 11 is 0. The second kappa shape index (κ2) is 8.89. The molecule has 5 atom stereocenters. The van der Waals surface area contributed by atoms with Crippen LogP contribution in [-0.2, 0) is 0 Å². The van der Waals surface area contributed by atoms with Gasteiger partial charge in [-0.3, -0.25) is 0 Å². The quantitative estimate of drug-likeness (QED) is 0.440. The Hall–Kier alpha value is -1.56. The Bertz CT molecular complexity index is 826. The van der Waals surface area contributed by atoms with Gasteiger partial charge in [-0.2, -0.15) is 0 Å². The van der Waals surface area contributed by atoms with Gasteiger partial charge in [0.2, 0.25) is 0 Å². The van der Waals surface area contributed by atoms with Crippen LogP contribution in [0.2, 0.25) is 0 Å². The monoisotopic (exact) mass is 402 g/mol. The molecule has 0 N–H and O–H groups in total. The van der Waals surface area contributed by atoms with E-state index in [-0.39, 0.29) is 0 Å². The number of fused-ring (bicyclic) bond motifs is 1. The third kappa shape index (κ3) is 4.12. The molecule has 0 aromatic rings. The lowest BCUT2D eigenvalue weighted by atomic mass is 9.63. The van der Waals surface area contributed by atoms with Crippen LogP contribution in [-0.4, -0.2) is 0 Å². The minimum absolute atomic E-state index is 0.449. The first kappa shape index (κ1) is 21.7. The second-order valence-corrected chi connectivity index (χ2v) is 10.9. The molecule has 0 nitrogen and oxygen atoms in total. The Balaban J connectivity index is 1.53. The van der Waals surface area contributed by atoms with Crippen LogP contribution in [0.15, 0.2) is 70.9 Å². The Morgan fingerprint density at radius 1 is 1.10 bits per heavy atom. The fourth-order valence-corrected chi connectivity index (χ4v) is 7.02. The maximum absolute atomic E-state index is 4.10. The van der Waals surface area contributed by atoms with Crippen molar-refractivity contribution in [2.45, 2.75) is 85.5 Å². The van der Waals surface area contributed by atoms with Crippen LogP contribution in [0.25, 0.3) is 0 Å². The minimum Gasteiger partial charge on any atom is -0.0985 e. The van der Waals surface area contributed by atoms with Gasteiger partial charge in [0.1, 0.15) is 0 Å². The molecule has 0 heterocycles. The molecular formula is C30H42. The van der Waals surface area contributed by atoms with Gasteiger partial charge in [0, 0.05) is 0 Å². The van der Waals surface area contributed by atoms with Gasteiger partial charge in [0.15, 0.2) is 0 Å². The van der Waals surface area contributed by atoms with E-state index in [0.717, 1.165) is 23.7 Å². The highest BCUT2D eigenvalue weighted by atomic mass is 14.5. The summed E-state index contributed by atoms with van der Waals surface area (Å²) < 4.78 is 0. The fraction of sp³-hybridized carbons (Fsp3) is 0.600. The lowest BCUT2D eigenvalue weighted by Crippen LogP contribution is -2.32. The molecule has 0 heteroatoms. The molecule has 0 aromatic carbocycles. The normalized spacial score (nSPS) is 38.6. The van der Waals surface area contributed by atoms with E-state index in [4.69, 9.17) is 0 Å². The summed E-state index contributed by atoms with van der Waals surface area (Å²) in [5, 5.41) is 0. The van der Waals surface area contributed by atoms with Crippen LogP contribution < -0.4 is 0 Å². The smallest absolute Gasteiger partial charge is 0.0140 e. The van der Waals surface area contributed by atoms with Gasteiger partial charge in [-0.05, 0) is 105 Å². The molecule has 4 rings (SSSR count). The average molecular weight is 403 g/mol. The molecule has 162 valence electrons. The van der Waals surface area contributed by atoms with Crippen LogP contribution in [0.1, 0.15) is 85.5 Å². The van der Waals surface area contributed by atoms with E-state index < -0.39 is 0 Å². The highest BCUT2D eigenvalue weighted by molar-refractivity contribution is 5.46. The zero-order valence-corrected chi connectivity index (χ0v) is 19.8. The zero-order valence-electron chi connectivity index (χ0n) is 19.8. The van der Waals surface area contributed by atoms with Crippen molar-refractivity contribution in [1.29, 1.82) is 0 Å². The third-order valence-electron chi connectivity index (χ3n) is 8.93. The topological polar surface area (TPSA) is 0 Å². The molecule has 5 unspecified atom stereocenters. The predicted octanol–water partition coefficient (Wildman–Crippen LogP) is 8.90. The van der Waals surface area contributed by atoms with Gasteiger partial charge in [-0.15, -0.1) is 0 Å². The second-order valence-electron chi connectivity index (χ2n) is 10.9. The van der Waals surface area contributed by atoms with E-state index in [0.29, 0.717) is 5.41 Å². The van der Waals surface area contributed by atoms with Crippen molar-refractivity contribution in [3.63, 3.8) is 0 Å². The van der Waals surface area contributed by atoms with E-state index in [1.165, 1.54) is 68.9 Å². The number of hydrogen-bond acceptors (Lipinski definition) is 0. The van der Waals surface area contributed by atoms with Crippen LogP contribution in [0.5, 0.6) is 0 Å². The van der Waals surface area contributed by atoms with Gasteiger partial charge in [0.25, 0.3) is 0 Å². The third-order valence-corrected chi connectivity index (χ3v) is 8.93. The molecule has 4 aliphatic rings. The van der Waals surface area contributed by atoms with Crippen molar-refractivity contribution < 1.29 is 0 Å².